The Labute approximate surface area is 82.9 Å². The van der Waals surface area contributed by atoms with Crippen LogP contribution in [-0.4, -0.2) is 5.78 Å². The Morgan fingerprint density at radius 3 is 2.79 bits per heavy atom. The summed E-state index contributed by atoms with van der Waals surface area (Å²) in [6, 6.07) is 4.69. The molecule has 1 aromatic rings. The Morgan fingerprint density at radius 1 is 1.43 bits per heavy atom. The van der Waals surface area contributed by atoms with Crippen molar-refractivity contribution in [2.45, 2.75) is 32.1 Å². The highest BCUT2D eigenvalue weighted by Gasteiger charge is 2.26. The van der Waals surface area contributed by atoms with Crippen LogP contribution in [0.25, 0.3) is 0 Å². The summed E-state index contributed by atoms with van der Waals surface area (Å²) in [5.74, 6) is 0.104. The van der Waals surface area contributed by atoms with Gasteiger partial charge in [-0.3, -0.25) is 4.79 Å². The average Bonchev–Trinajstić information content (AvgIpc) is 2.52. The van der Waals surface area contributed by atoms with Crippen molar-refractivity contribution in [3.63, 3.8) is 0 Å². The zero-order valence-corrected chi connectivity index (χ0v) is 8.22. The molecule has 1 unspecified atom stereocenters. The fraction of sp³-hybridized carbons (Fsp3) is 0.417. The highest BCUT2D eigenvalue weighted by atomic mass is 19.1. The van der Waals surface area contributed by atoms with E-state index in [-0.39, 0.29) is 11.7 Å². The van der Waals surface area contributed by atoms with E-state index in [0.717, 1.165) is 24.0 Å². The molecule has 0 radical (unpaired) electrons. The van der Waals surface area contributed by atoms with Gasteiger partial charge >= 0.3 is 0 Å². The van der Waals surface area contributed by atoms with E-state index in [1.807, 2.05) is 6.92 Å². The molecule has 0 saturated heterocycles. The third-order valence-corrected chi connectivity index (χ3v) is 2.91. The number of hydrogen-bond acceptors (Lipinski definition) is 1. The Morgan fingerprint density at radius 2 is 2.21 bits per heavy atom. The van der Waals surface area contributed by atoms with Gasteiger partial charge in [-0.25, -0.2) is 4.39 Å². The number of aryl methyl sites for hydroxylation is 1. The first-order valence-corrected chi connectivity index (χ1v) is 4.97. The summed E-state index contributed by atoms with van der Waals surface area (Å²) in [7, 11) is 0. The van der Waals surface area contributed by atoms with E-state index in [0.29, 0.717) is 12.2 Å². The predicted molar refractivity (Wildman–Crippen MR) is 52.7 cm³/mol. The van der Waals surface area contributed by atoms with Gasteiger partial charge in [-0.2, -0.15) is 0 Å². The van der Waals surface area contributed by atoms with Crippen molar-refractivity contribution in [2.75, 3.05) is 0 Å². The highest BCUT2D eigenvalue weighted by molar-refractivity contribution is 5.87. The van der Waals surface area contributed by atoms with Crippen molar-refractivity contribution in [1.29, 1.82) is 0 Å². The molecule has 1 aliphatic carbocycles. The van der Waals surface area contributed by atoms with Gasteiger partial charge in [0.15, 0.2) is 0 Å². The van der Waals surface area contributed by atoms with Crippen LogP contribution in [-0.2, 0) is 4.79 Å². The second kappa shape index (κ2) is 3.52. The summed E-state index contributed by atoms with van der Waals surface area (Å²) in [4.78, 5) is 11.5. The molecular formula is C12H13FO. The van der Waals surface area contributed by atoms with Gasteiger partial charge in [0.2, 0.25) is 0 Å². The average molecular weight is 192 g/mol. The second-order valence-corrected chi connectivity index (χ2v) is 3.91. The number of rotatable bonds is 1. The normalized spacial score (nSPS) is 21.6. The largest absolute Gasteiger partial charge is 0.299 e. The summed E-state index contributed by atoms with van der Waals surface area (Å²) in [6.45, 7) is 1.87. The maximum atomic E-state index is 12.8. The predicted octanol–water partition coefficient (Wildman–Crippen LogP) is 2.97. The first-order valence-electron chi connectivity index (χ1n) is 4.97. The standard InChI is InChI=1S/C12H13FO/c1-8-7-9(13)5-6-10(8)11-3-2-4-12(11)14/h5-7,11H,2-4H2,1H3. The fourth-order valence-corrected chi connectivity index (χ4v) is 2.17. The molecule has 0 aromatic heterocycles. The monoisotopic (exact) mass is 192 g/mol. The molecule has 1 atom stereocenters. The van der Waals surface area contributed by atoms with Crippen molar-refractivity contribution in [3.8, 4) is 0 Å². The number of Topliss-reactive ketones (excluding diaryl/α,β-unsaturated/α-hetero) is 1. The number of halogens is 1. The molecule has 0 spiro atoms. The maximum Gasteiger partial charge on any atom is 0.140 e. The Bertz CT molecular complexity index is 371. The van der Waals surface area contributed by atoms with Crippen molar-refractivity contribution < 1.29 is 9.18 Å². The molecular weight excluding hydrogens is 179 g/mol. The smallest absolute Gasteiger partial charge is 0.140 e. The zero-order chi connectivity index (χ0) is 10.1. The first kappa shape index (κ1) is 9.38. The molecule has 0 N–H and O–H groups in total. The number of hydrogen-bond donors (Lipinski definition) is 0. The Kier molecular flexibility index (Phi) is 2.36. The van der Waals surface area contributed by atoms with E-state index in [9.17, 15) is 9.18 Å². The molecule has 0 aliphatic heterocycles. The number of ketones is 1. The van der Waals surface area contributed by atoms with Gasteiger partial charge in [-0.1, -0.05) is 6.07 Å². The van der Waals surface area contributed by atoms with Gasteiger partial charge in [0, 0.05) is 12.3 Å². The van der Waals surface area contributed by atoms with E-state index >= 15 is 0 Å². The van der Waals surface area contributed by atoms with Gasteiger partial charge in [-0.15, -0.1) is 0 Å². The number of carbonyl (C=O) groups is 1. The van der Waals surface area contributed by atoms with Crippen molar-refractivity contribution in [3.05, 3.63) is 35.1 Å². The fourth-order valence-electron chi connectivity index (χ4n) is 2.17. The molecule has 1 fully saturated rings. The molecule has 74 valence electrons. The van der Waals surface area contributed by atoms with Crippen LogP contribution in [0.1, 0.15) is 36.3 Å². The van der Waals surface area contributed by atoms with Crippen LogP contribution in [0.2, 0.25) is 0 Å². The molecule has 0 amide bonds. The SMILES string of the molecule is Cc1cc(F)ccc1C1CCCC1=O. The van der Waals surface area contributed by atoms with E-state index < -0.39 is 0 Å². The summed E-state index contributed by atoms with van der Waals surface area (Å²) in [6.07, 6.45) is 2.58. The zero-order valence-electron chi connectivity index (χ0n) is 8.22. The van der Waals surface area contributed by atoms with Crippen LogP contribution < -0.4 is 0 Å². The molecule has 1 aliphatic rings. The molecule has 14 heavy (non-hydrogen) atoms. The van der Waals surface area contributed by atoms with Gasteiger partial charge in [0.05, 0.1) is 0 Å². The first-order chi connectivity index (χ1) is 6.68. The molecule has 0 heterocycles. The van der Waals surface area contributed by atoms with Crippen molar-refractivity contribution in [1.82, 2.24) is 0 Å². The maximum absolute atomic E-state index is 12.8. The lowest BCUT2D eigenvalue weighted by Gasteiger charge is -2.11. The van der Waals surface area contributed by atoms with E-state index in [4.69, 9.17) is 0 Å². The van der Waals surface area contributed by atoms with Crippen molar-refractivity contribution in [2.24, 2.45) is 0 Å². The van der Waals surface area contributed by atoms with Crippen LogP contribution in [0.15, 0.2) is 18.2 Å². The minimum absolute atomic E-state index is 0.0237. The van der Waals surface area contributed by atoms with Crippen LogP contribution >= 0.6 is 0 Å². The van der Waals surface area contributed by atoms with E-state index in [1.165, 1.54) is 12.1 Å². The van der Waals surface area contributed by atoms with E-state index in [1.54, 1.807) is 6.07 Å². The van der Waals surface area contributed by atoms with Gasteiger partial charge in [-0.05, 0) is 43.0 Å². The van der Waals surface area contributed by atoms with E-state index in [2.05, 4.69) is 0 Å². The highest BCUT2D eigenvalue weighted by Crippen LogP contribution is 2.32. The van der Waals surface area contributed by atoms with Crippen LogP contribution in [0.5, 0.6) is 0 Å². The van der Waals surface area contributed by atoms with Gasteiger partial charge in [0.25, 0.3) is 0 Å². The minimum atomic E-state index is -0.225. The topological polar surface area (TPSA) is 17.1 Å². The van der Waals surface area contributed by atoms with Crippen LogP contribution in [0, 0.1) is 12.7 Å². The molecule has 2 rings (SSSR count). The molecule has 1 nitrogen and oxygen atoms in total. The summed E-state index contributed by atoms with van der Waals surface area (Å²) >= 11 is 0. The third kappa shape index (κ3) is 1.57. The quantitative estimate of drug-likeness (QED) is 0.668. The van der Waals surface area contributed by atoms with Gasteiger partial charge in [0.1, 0.15) is 11.6 Å². The Hall–Kier alpha value is -1.18. The summed E-state index contributed by atoms with van der Waals surface area (Å²) in [5.41, 5.74) is 1.90. The second-order valence-electron chi connectivity index (χ2n) is 3.91. The minimum Gasteiger partial charge on any atom is -0.299 e. The third-order valence-electron chi connectivity index (χ3n) is 2.91. The van der Waals surface area contributed by atoms with Crippen LogP contribution in [0.3, 0.4) is 0 Å². The number of benzene rings is 1. The lowest BCUT2D eigenvalue weighted by atomic mass is 9.93. The lowest BCUT2D eigenvalue weighted by Crippen LogP contribution is -2.06. The number of carbonyl (C=O) groups excluding carboxylic acids is 1. The molecule has 0 bridgehead atoms. The van der Waals surface area contributed by atoms with Crippen LogP contribution in [0.4, 0.5) is 4.39 Å². The molecule has 1 saturated carbocycles. The lowest BCUT2D eigenvalue weighted by molar-refractivity contribution is -0.118. The Balaban J connectivity index is 2.36. The molecule has 1 aromatic carbocycles. The molecule has 2 heteroatoms. The summed E-state index contributed by atoms with van der Waals surface area (Å²) < 4.78 is 12.8. The summed E-state index contributed by atoms with van der Waals surface area (Å²) in [5, 5.41) is 0. The van der Waals surface area contributed by atoms with Gasteiger partial charge < -0.3 is 0 Å². The van der Waals surface area contributed by atoms with Crippen molar-refractivity contribution >= 4 is 5.78 Å².